The Morgan fingerprint density at radius 3 is 1.45 bits per heavy atom. The summed E-state index contributed by atoms with van der Waals surface area (Å²) in [4.78, 5) is 0. The second-order valence-electron chi connectivity index (χ2n) is 19.1. The van der Waals surface area contributed by atoms with E-state index < -0.39 is 0 Å². The van der Waals surface area contributed by atoms with Gasteiger partial charge < -0.3 is 8.98 Å². The van der Waals surface area contributed by atoms with Gasteiger partial charge in [0.05, 0.1) is 11.0 Å². The summed E-state index contributed by atoms with van der Waals surface area (Å²) in [6.45, 7) is 4.80. The third-order valence-corrected chi connectivity index (χ3v) is 15.3. The number of aromatic nitrogens is 1. The molecule has 0 atom stereocenters. The number of benzene rings is 12. The van der Waals surface area contributed by atoms with E-state index in [9.17, 15) is 0 Å². The van der Waals surface area contributed by atoms with Crippen molar-refractivity contribution < 1.29 is 4.42 Å². The first-order chi connectivity index (χ1) is 33.0. The van der Waals surface area contributed by atoms with Crippen molar-refractivity contribution in [2.75, 3.05) is 0 Å². The summed E-state index contributed by atoms with van der Waals surface area (Å²) >= 11 is 0. The second-order valence-corrected chi connectivity index (χ2v) is 19.1. The third kappa shape index (κ3) is 4.99. The smallest absolute Gasteiger partial charge is 0.136 e. The van der Waals surface area contributed by atoms with Crippen LogP contribution in [-0.4, -0.2) is 4.57 Å². The van der Waals surface area contributed by atoms with Gasteiger partial charge >= 0.3 is 0 Å². The van der Waals surface area contributed by atoms with E-state index >= 15 is 0 Å². The monoisotopic (exact) mass is 851 g/mol. The number of nitrogens with zero attached hydrogens (tertiary/aromatic N) is 1. The molecule has 0 aliphatic heterocycles. The van der Waals surface area contributed by atoms with Gasteiger partial charge in [0, 0.05) is 32.6 Å². The fourth-order valence-corrected chi connectivity index (χ4v) is 12.3. The van der Waals surface area contributed by atoms with Gasteiger partial charge in [-0.15, -0.1) is 0 Å². The van der Waals surface area contributed by atoms with Crippen LogP contribution in [0.2, 0.25) is 0 Å². The molecule has 0 fully saturated rings. The van der Waals surface area contributed by atoms with Gasteiger partial charge in [-0.3, -0.25) is 0 Å². The molecule has 0 unspecified atom stereocenters. The number of para-hydroxylation sites is 2. The van der Waals surface area contributed by atoms with Gasteiger partial charge in [0.15, 0.2) is 0 Å². The van der Waals surface area contributed by atoms with E-state index in [0.717, 1.165) is 27.6 Å². The van der Waals surface area contributed by atoms with Gasteiger partial charge in [-0.05, 0) is 159 Å². The Morgan fingerprint density at radius 1 is 0.313 bits per heavy atom. The maximum atomic E-state index is 6.51. The highest BCUT2D eigenvalue weighted by atomic mass is 16.3. The van der Waals surface area contributed by atoms with Crippen LogP contribution >= 0.6 is 0 Å². The number of hydrogen-bond donors (Lipinski definition) is 0. The first kappa shape index (κ1) is 36.8. The second kappa shape index (κ2) is 13.3. The lowest BCUT2D eigenvalue weighted by molar-refractivity contribution is 0.661. The van der Waals surface area contributed by atoms with Gasteiger partial charge in [-0.1, -0.05) is 166 Å². The molecular weight excluding hydrogens is 811 g/mol. The lowest BCUT2D eigenvalue weighted by Crippen LogP contribution is -2.14. The van der Waals surface area contributed by atoms with E-state index in [1.807, 2.05) is 6.07 Å². The summed E-state index contributed by atoms with van der Waals surface area (Å²) in [6, 6.07) is 79.0. The van der Waals surface area contributed by atoms with Crippen molar-refractivity contribution >= 4 is 97.6 Å². The fraction of sp³-hybridized carbons (Fsp3) is 0.0462. The molecule has 0 N–H and O–H groups in total. The van der Waals surface area contributed by atoms with Crippen molar-refractivity contribution in [3.05, 3.63) is 223 Å². The van der Waals surface area contributed by atoms with Gasteiger partial charge in [0.25, 0.3) is 0 Å². The maximum Gasteiger partial charge on any atom is 0.136 e. The largest absolute Gasteiger partial charge is 0.456 e. The maximum absolute atomic E-state index is 6.51. The summed E-state index contributed by atoms with van der Waals surface area (Å²) < 4.78 is 8.92. The zero-order valence-corrected chi connectivity index (χ0v) is 37.1. The minimum absolute atomic E-state index is 0.156. The normalized spacial score (nSPS) is 13.3. The van der Waals surface area contributed by atoms with Crippen molar-refractivity contribution in [3.8, 4) is 39.1 Å². The molecule has 15 rings (SSSR count). The molecule has 1 aliphatic rings. The van der Waals surface area contributed by atoms with Gasteiger partial charge in [-0.2, -0.15) is 0 Å². The molecule has 0 bridgehead atoms. The summed E-state index contributed by atoms with van der Waals surface area (Å²) in [7, 11) is 0. The van der Waals surface area contributed by atoms with Crippen LogP contribution in [-0.2, 0) is 5.41 Å². The van der Waals surface area contributed by atoms with Crippen molar-refractivity contribution in [2.24, 2.45) is 0 Å². The van der Waals surface area contributed by atoms with Crippen LogP contribution in [0.5, 0.6) is 0 Å². The van der Waals surface area contributed by atoms with E-state index in [-0.39, 0.29) is 5.41 Å². The lowest BCUT2D eigenvalue weighted by Gasteiger charge is -2.23. The minimum atomic E-state index is -0.156. The summed E-state index contributed by atoms with van der Waals surface area (Å²) in [6.07, 6.45) is 0. The van der Waals surface area contributed by atoms with Crippen LogP contribution in [0, 0.1) is 0 Å². The van der Waals surface area contributed by atoms with E-state index in [2.05, 4.69) is 225 Å². The Kier molecular flexibility index (Phi) is 7.32. The van der Waals surface area contributed by atoms with Gasteiger partial charge in [0.1, 0.15) is 11.2 Å². The third-order valence-electron chi connectivity index (χ3n) is 15.3. The first-order valence-corrected chi connectivity index (χ1v) is 23.4. The van der Waals surface area contributed by atoms with Crippen LogP contribution < -0.4 is 0 Å². The van der Waals surface area contributed by atoms with Crippen molar-refractivity contribution in [2.45, 2.75) is 19.3 Å². The molecule has 0 radical (unpaired) electrons. The Balaban J connectivity index is 0.966. The predicted octanol–water partition coefficient (Wildman–Crippen LogP) is 18.1. The van der Waals surface area contributed by atoms with Crippen LogP contribution in [0.15, 0.2) is 217 Å². The molecule has 312 valence electrons. The van der Waals surface area contributed by atoms with E-state index in [1.165, 1.54) is 120 Å². The standard InChI is InChI=1S/C65H41NO/c1-65(2)57-30-28-38(32-52(57)53-34-50-43-20-8-6-18-41(43)42-19-7-9-21-44(42)51(50)35-58(53)65)63-46-23-10-12-25-48(46)64(49-26-13-11-24-47(49)63)39-29-31-59-54(33-39)55-37-62-56(45-22-14-15-27-61(45)67-62)36-60(55)66(59)40-16-4-3-5-17-40/h3-37H,1-2H3. The molecule has 0 saturated carbocycles. The number of hydrogen-bond acceptors (Lipinski definition) is 1. The van der Waals surface area contributed by atoms with E-state index in [0.29, 0.717) is 0 Å². The van der Waals surface area contributed by atoms with Gasteiger partial charge in [0.2, 0.25) is 0 Å². The van der Waals surface area contributed by atoms with Crippen LogP contribution in [0.4, 0.5) is 0 Å². The minimum Gasteiger partial charge on any atom is -0.456 e. The molecule has 0 amide bonds. The Morgan fingerprint density at radius 2 is 0.806 bits per heavy atom. The average Bonchev–Trinajstić information content (AvgIpc) is 3.98. The summed E-state index contributed by atoms with van der Waals surface area (Å²) in [5, 5.41) is 17.5. The van der Waals surface area contributed by atoms with Crippen LogP contribution in [0.3, 0.4) is 0 Å². The highest BCUT2D eigenvalue weighted by Crippen LogP contribution is 2.54. The predicted molar refractivity (Wildman–Crippen MR) is 284 cm³/mol. The van der Waals surface area contributed by atoms with E-state index in [4.69, 9.17) is 4.42 Å². The Hall–Kier alpha value is -8.46. The molecule has 67 heavy (non-hydrogen) atoms. The average molecular weight is 852 g/mol. The molecule has 2 heterocycles. The molecule has 14 aromatic rings. The number of furan rings is 1. The molecular formula is C65H41NO. The molecule has 2 aromatic heterocycles. The first-order valence-electron chi connectivity index (χ1n) is 23.4. The topological polar surface area (TPSA) is 18.1 Å². The Labute approximate surface area is 386 Å². The van der Waals surface area contributed by atoms with Crippen molar-refractivity contribution in [1.82, 2.24) is 4.57 Å². The highest BCUT2D eigenvalue weighted by molar-refractivity contribution is 6.27. The lowest BCUT2D eigenvalue weighted by atomic mass is 9.80. The number of rotatable bonds is 3. The van der Waals surface area contributed by atoms with Crippen LogP contribution in [0.25, 0.3) is 137 Å². The van der Waals surface area contributed by atoms with E-state index in [1.54, 1.807) is 0 Å². The zero-order valence-electron chi connectivity index (χ0n) is 37.1. The zero-order chi connectivity index (χ0) is 44.1. The van der Waals surface area contributed by atoms with Crippen LogP contribution in [0.1, 0.15) is 25.0 Å². The van der Waals surface area contributed by atoms with Gasteiger partial charge in [-0.25, -0.2) is 0 Å². The molecule has 12 aromatic carbocycles. The fourth-order valence-electron chi connectivity index (χ4n) is 12.3. The molecule has 2 heteroatoms. The molecule has 1 aliphatic carbocycles. The SMILES string of the molecule is CC1(C)c2ccc(-c3c4ccccc4c(-c4ccc5c(c4)c4cc6oc7ccccc7c6cc4n5-c4ccccc4)c4ccccc34)cc2-c2cc3c4ccccc4c4ccccc4c3cc21. The summed E-state index contributed by atoms with van der Waals surface area (Å²) in [5.41, 5.74) is 15.5. The van der Waals surface area contributed by atoms with Crippen molar-refractivity contribution in [1.29, 1.82) is 0 Å². The number of fused-ring (bicyclic) bond motifs is 17. The molecule has 2 nitrogen and oxygen atoms in total. The summed E-state index contributed by atoms with van der Waals surface area (Å²) in [5.74, 6) is 0. The molecule has 0 saturated heterocycles. The quantitative estimate of drug-likeness (QED) is 0.128. The van der Waals surface area contributed by atoms with Crippen molar-refractivity contribution in [3.63, 3.8) is 0 Å². The molecule has 0 spiro atoms. The Bertz CT molecular complexity index is 4410. The highest BCUT2D eigenvalue weighted by Gasteiger charge is 2.36.